The fourth-order valence-corrected chi connectivity index (χ4v) is 4.49. The minimum absolute atomic E-state index is 0.265. The molecule has 1 heterocycles. The fourth-order valence-electron chi connectivity index (χ4n) is 4.49. The van der Waals surface area contributed by atoms with E-state index in [0.29, 0.717) is 11.8 Å². The maximum Gasteiger partial charge on any atom is 0.137 e. The minimum Gasteiger partial charge on any atom is -0.389 e. The Morgan fingerprint density at radius 2 is 1.89 bits per heavy atom. The summed E-state index contributed by atoms with van der Waals surface area (Å²) in [6, 6.07) is 0.428. The van der Waals surface area contributed by atoms with Crippen molar-refractivity contribution in [1.82, 2.24) is 4.90 Å². The highest BCUT2D eigenvalue weighted by atomic mass is 16.3. The van der Waals surface area contributed by atoms with Crippen molar-refractivity contribution >= 4 is 5.78 Å². The van der Waals surface area contributed by atoms with E-state index in [-0.39, 0.29) is 5.92 Å². The molecule has 3 aliphatic rings. The summed E-state index contributed by atoms with van der Waals surface area (Å²) in [5.41, 5.74) is -0.458. The van der Waals surface area contributed by atoms with Gasteiger partial charge in [0, 0.05) is 24.9 Å². The van der Waals surface area contributed by atoms with Gasteiger partial charge in [0.25, 0.3) is 0 Å². The zero-order chi connectivity index (χ0) is 13.3. The van der Waals surface area contributed by atoms with Gasteiger partial charge in [-0.15, -0.1) is 0 Å². The third-order valence-corrected chi connectivity index (χ3v) is 5.51. The van der Waals surface area contributed by atoms with E-state index in [1.165, 1.54) is 12.8 Å². The van der Waals surface area contributed by atoms with Gasteiger partial charge in [0.2, 0.25) is 0 Å². The predicted molar refractivity (Wildman–Crippen MR) is 75.0 cm³/mol. The van der Waals surface area contributed by atoms with Crippen LogP contribution in [0, 0.1) is 5.92 Å². The van der Waals surface area contributed by atoms with Crippen LogP contribution in [-0.4, -0.2) is 40.5 Å². The van der Waals surface area contributed by atoms with E-state index in [1.54, 1.807) is 0 Å². The van der Waals surface area contributed by atoms with Gasteiger partial charge in [-0.2, -0.15) is 0 Å². The Balaban J connectivity index is 1.65. The Bertz CT molecular complexity index is 336. The number of hydrogen-bond acceptors (Lipinski definition) is 3. The number of likely N-dealkylation sites (tertiary alicyclic amines) is 1. The van der Waals surface area contributed by atoms with Crippen LogP contribution in [0.15, 0.2) is 0 Å². The molecule has 2 atom stereocenters. The lowest BCUT2D eigenvalue weighted by Crippen LogP contribution is -2.47. The third kappa shape index (κ3) is 2.87. The van der Waals surface area contributed by atoms with Crippen LogP contribution in [0.1, 0.15) is 64.2 Å². The molecular weight excluding hydrogens is 238 g/mol. The molecule has 0 bridgehead atoms. The first-order valence-corrected chi connectivity index (χ1v) is 8.17. The zero-order valence-corrected chi connectivity index (χ0v) is 11.9. The Kier molecular flexibility index (Phi) is 3.95. The van der Waals surface area contributed by atoms with Crippen molar-refractivity contribution in [3.05, 3.63) is 0 Å². The summed E-state index contributed by atoms with van der Waals surface area (Å²) in [5, 5.41) is 10.6. The highest BCUT2D eigenvalue weighted by Crippen LogP contribution is 2.36. The highest BCUT2D eigenvalue weighted by Gasteiger charge is 2.41. The van der Waals surface area contributed by atoms with E-state index in [2.05, 4.69) is 4.90 Å². The van der Waals surface area contributed by atoms with Crippen LogP contribution >= 0.6 is 0 Å². The molecule has 1 N–H and O–H groups in total. The van der Waals surface area contributed by atoms with Gasteiger partial charge in [-0.05, 0) is 45.1 Å². The van der Waals surface area contributed by atoms with Gasteiger partial charge in [-0.3, -0.25) is 9.69 Å². The molecule has 2 saturated carbocycles. The number of Topliss-reactive ketones (excluding diaryl/α,β-unsaturated/α-hetero) is 1. The lowest BCUT2D eigenvalue weighted by atomic mass is 9.81. The minimum atomic E-state index is -0.458. The largest absolute Gasteiger partial charge is 0.389 e. The second-order valence-corrected chi connectivity index (χ2v) is 6.93. The van der Waals surface area contributed by atoms with Gasteiger partial charge in [0.1, 0.15) is 5.78 Å². The molecule has 0 aromatic carbocycles. The molecule has 3 nitrogen and oxygen atoms in total. The molecule has 2 aliphatic carbocycles. The van der Waals surface area contributed by atoms with Crippen LogP contribution in [0.25, 0.3) is 0 Å². The molecule has 0 aromatic heterocycles. The quantitative estimate of drug-likeness (QED) is 0.852. The number of carbonyl (C=O) groups is 1. The maximum absolute atomic E-state index is 12.2. The monoisotopic (exact) mass is 265 g/mol. The topological polar surface area (TPSA) is 40.5 Å². The molecule has 3 fully saturated rings. The van der Waals surface area contributed by atoms with Crippen LogP contribution in [-0.2, 0) is 4.79 Å². The standard InChI is InChI=1S/C16H27NO2/c18-15-8-2-1-6-13(15)14-7-5-11-17(14)12-16(19)9-3-4-10-16/h13-14,19H,1-12H2. The zero-order valence-electron chi connectivity index (χ0n) is 11.9. The summed E-state index contributed by atoms with van der Waals surface area (Å²) in [6.45, 7) is 1.89. The van der Waals surface area contributed by atoms with E-state index in [1.807, 2.05) is 0 Å². The van der Waals surface area contributed by atoms with Crippen molar-refractivity contribution in [1.29, 1.82) is 0 Å². The summed E-state index contributed by atoms with van der Waals surface area (Å²) in [7, 11) is 0. The van der Waals surface area contributed by atoms with Crippen molar-refractivity contribution in [3.63, 3.8) is 0 Å². The summed E-state index contributed by atoms with van der Waals surface area (Å²) in [5.74, 6) is 0.753. The molecule has 3 rings (SSSR count). The Hall–Kier alpha value is -0.410. The van der Waals surface area contributed by atoms with Gasteiger partial charge in [-0.25, -0.2) is 0 Å². The number of rotatable bonds is 3. The first kappa shape index (κ1) is 13.6. The first-order chi connectivity index (χ1) is 9.18. The Morgan fingerprint density at radius 3 is 2.63 bits per heavy atom. The highest BCUT2D eigenvalue weighted by molar-refractivity contribution is 5.82. The van der Waals surface area contributed by atoms with E-state index in [9.17, 15) is 9.90 Å². The average molecular weight is 265 g/mol. The van der Waals surface area contributed by atoms with Gasteiger partial charge in [0.05, 0.1) is 5.60 Å². The number of hydrogen-bond donors (Lipinski definition) is 1. The molecule has 3 heteroatoms. The molecule has 1 saturated heterocycles. The fraction of sp³-hybridized carbons (Fsp3) is 0.938. The van der Waals surface area contributed by atoms with Crippen molar-refractivity contribution in [2.45, 2.75) is 75.9 Å². The second-order valence-electron chi connectivity index (χ2n) is 6.93. The molecule has 2 unspecified atom stereocenters. The molecule has 108 valence electrons. The number of aliphatic hydroxyl groups is 1. The smallest absolute Gasteiger partial charge is 0.137 e. The number of β-amino-alcohol motifs (C(OH)–C–C–N with tert-alkyl or cyclic N) is 1. The molecule has 0 amide bonds. The average Bonchev–Trinajstić information content (AvgIpc) is 3.00. The van der Waals surface area contributed by atoms with Gasteiger partial charge in [-0.1, -0.05) is 19.3 Å². The lowest BCUT2D eigenvalue weighted by molar-refractivity contribution is -0.127. The summed E-state index contributed by atoms with van der Waals surface area (Å²) in [4.78, 5) is 14.6. The Morgan fingerprint density at radius 1 is 1.11 bits per heavy atom. The van der Waals surface area contributed by atoms with E-state index in [4.69, 9.17) is 0 Å². The Labute approximate surface area is 116 Å². The molecular formula is C16H27NO2. The molecule has 0 aromatic rings. The van der Waals surface area contributed by atoms with Gasteiger partial charge in [0.15, 0.2) is 0 Å². The van der Waals surface area contributed by atoms with E-state index < -0.39 is 5.60 Å². The number of nitrogens with zero attached hydrogens (tertiary/aromatic N) is 1. The van der Waals surface area contributed by atoms with Crippen LogP contribution in [0.3, 0.4) is 0 Å². The van der Waals surface area contributed by atoms with E-state index in [0.717, 1.165) is 64.5 Å². The number of carbonyl (C=O) groups excluding carboxylic acids is 1. The van der Waals surface area contributed by atoms with Crippen molar-refractivity contribution in [2.75, 3.05) is 13.1 Å². The summed E-state index contributed by atoms with van der Waals surface area (Å²) < 4.78 is 0. The molecule has 0 spiro atoms. The second kappa shape index (κ2) is 5.53. The van der Waals surface area contributed by atoms with Crippen molar-refractivity contribution in [2.24, 2.45) is 5.92 Å². The van der Waals surface area contributed by atoms with Crippen molar-refractivity contribution in [3.8, 4) is 0 Å². The molecule has 19 heavy (non-hydrogen) atoms. The first-order valence-electron chi connectivity index (χ1n) is 8.17. The van der Waals surface area contributed by atoms with Crippen LogP contribution in [0.2, 0.25) is 0 Å². The van der Waals surface area contributed by atoms with Gasteiger partial charge < -0.3 is 5.11 Å². The number of ketones is 1. The predicted octanol–water partition coefficient (Wildman–Crippen LogP) is 2.52. The normalized spacial score (nSPS) is 35.9. The lowest BCUT2D eigenvalue weighted by Gasteiger charge is -2.37. The van der Waals surface area contributed by atoms with Crippen LogP contribution in [0.5, 0.6) is 0 Å². The maximum atomic E-state index is 12.2. The summed E-state index contributed by atoms with van der Waals surface area (Å²) >= 11 is 0. The third-order valence-electron chi connectivity index (χ3n) is 5.51. The SMILES string of the molecule is O=C1CCCCC1C1CCCN1CC1(O)CCCC1. The van der Waals surface area contributed by atoms with Crippen LogP contribution in [0.4, 0.5) is 0 Å². The van der Waals surface area contributed by atoms with Gasteiger partial charge >= 0.3 is 0 Å². The van der Waals surface area contributed by atoms with E-state index >= 15 is 0 Å². The molecule has 1 aliphatic heterocycles. The summed E-state index contributed by atoms with van der Waals surface area (Å²) in [6.07, 6.45) is 10.8. The molecule has 0 radical (unpaired) electrons. The van der Waals surface area contributed by atoms with Crippen molar-refractivity contribution < 1.29 is 9.90 Å². The van der Waals surface area contributed by atoms with Crippen LogP contribution < -0.4 is 0 Å².